The van der Waals surface area contributed by atoms with E-state index in [0.717, 1.165) is 18.4 Å². The van der Waals surface area contributed by atoms with Crippen LogP contribution in [0.25, 0.3) is 22.3 Å². The van der Waals surface area contributed by atoms with Crippen LogP contribution in [0.3, 0.4) is 0 Å². The second kappa shape index (κ2) is 9.11. The zero-order valence-electron chi connectivity index (χ0n) is 17.5. The second-order valence-electron chi connectivity index (χ2n) is 8.21. The Balaban J connectivity index is 1.57. The maximum Gasteiger partial charge on any atom is 0.166 e. The molecule has 1 heterocycles. The molecule has 0 saturated carbocycles. The molecule has 0 radical (unpaired) electrons. The number of halogens is 3. The van der Waals surface area contributed by atoms with Crippen molar-refractivity contribution in [2.24, 2.45) is 5.92 Å². The Hall–Kier alpha value is -2.85. The highest BCUT2D eigenvalue weighted by Gasteiger charge is 2.21. The van der Waals surface area contributed by atoms with Gasteiger partial charge in [0.1, 0.15) is 5.82 Å². The molecule has 3 aromatic rings. The zero-order valence-corrected chi connectivity index (χ0v) is 17.5. The van der Waals surface area contributed by atoms with E-state index in [2.05, 4.69) is 13.5 Å². The molecule has 0 aromatic heterocycles. The lowest BCUT2D eigenvalue weighted by Crippen LogP contribution is -2.18. The molecule has 4 rings (SSSR count). The molecule has 0 spiro atoms. The van der Waals surface area contributed by atoms with E-state index in [1.54, 1.807) is 42.5 Å². The SMILES string of the molecule is C=CCc1ccc(-c2ccc(-c3ccc(C4CCC(C)CO4)cc3F)cc2)c(F)c1F. The fourth-order valence-corrected chi connectivity index (χ4v) is 4.07. The molecule has 4 heteroatoms. The third-order valence-corrected chi connectivity index (χ3v) is 5.90. The largest absolute Gasteiger partial charge is 0.373 e. The first-order chi connectivity index (χ1) is 15.0. The van der Waals surface area contributed by atoms with Crippen molar-refractivity contribution in [1.29, 1.82) is 0 Å². The minimum atomic E-state index is -0.885. The molecule has 0 amide bonds. The molecule has 1 fully saturated rings. The summed E-state index contributed by atoms with van der Waals surface area (Å²) < 4.78 is 49.5. The van der Waals surface area contributed by atoms with Crippen molar-refractivity contribution in [2.45, 2.75) is 32.3 Å². The van der Waals surface area contributed by atoms with Crippen molar-refractivity contribution in [1.82, 2.24) is 0 Å². The van der Waals surface area contributed by atoms with Crippen LogP contribution in [0.5, 0.6) is 0 Å². The van der Waals surface area contributed by atoms with E-state index in [9.17, 15) is 13.2 Å². The van der Waals surface area contributed by atoms with Gasteiger partial charge in [0.25, 0.3) is 0 Å². The van der Waals surface area contributed by atoms with Gasteiger partial charge < -0.3 is 4.74 Å². The molecule has 31 heavy (non-hydrogen) atoms. The molecule has 1 aliphatic rings. The van der Waals surface area contributed by atoms with Crippen LogP contribution < -0.4 is 0 Å². The lowest BCUT2D eigenvalue weighted by atomic mass is 9.94. The molecule has 0 aliphatic carbocycles. The summed E-state index contributed by atoms with van der Waals surface area (Å²) in [6, 6.07) is 15.1. The summed E-state index contributed by atoms with van der Waals surface area (Å²) in [5.74, 6) is -1.53. The van der Waals surface area contributed by atoms with Gasteiger partial charge in [-0.3, -0.25) is 0 Å². The van der Waals surface area contributed by atoms with E-state index < -0.39 is 11.6 Å². The van der Waals surface area contributed by atoms with Crippen LogP contribution in [-0.2, 0) is 11.2 Å². The summed E-state index contributed by atoms with van der Waals surface area (Å²) in [5.41, 5.74) is 2.97. The van der Waals surface area contributed by atoms with Gasteiger partial charge in [0, 0.05) is 17.7 Å². The molecule has 1 saturated heterocycles. The van der Waals surface area contributed by atoms with Gasteiger partial charge in [-0.2, -0.15) is 0 Å². The Morgan fingerprint density at radius 2 is 1.58 bits per heavy atom. The first-order valence-corrected chi connectivity index (χ1v) is 10.6. The van der Waals surface area contributed by atoms with Gasteiger partial charge in [0.05, 0.1) is 6.10 Å². The molecule has 2 unspecified atom stereocenters. The van der Waals surface area contributed by atoms with Crippen LogP contribution >= 0.6 is 0 Å². The van der Waals surface area contributed by atoms with Crippen LogP contribution in [0.4, 0.5) is 13.2 Å². The van der Waals surface area contributed by atoms with Gasteiger partial charge >= 0.3 is 0 Å². The maximum absolute atomic E-state index is 14.9. The van der Waals surface area contributed by atoms with E-state index in [4.69, 9.17) is 4.74 Å². The van der Waals surface area contributed by atoms with Crippen LogP contribution in [-0.4, -0.2) is 6.61 Å². The first-order valence-electron chi connectivity index (χ1n) is 10.6. The topological polar surface area (TPSA) is 9.23 Å². The summed E-state index contributed by atoms with van der Waals surface area (Å²) in [5, 5.41) is 0. The highest BCUT2D eigenvalue weighted by Crippen LogP contribution is 2.34. The number of rotatable bonds is 5. The quantitative estimate of drug-likeness (QED) is 0.384. The van der Waals surface area contributed by atoms with E-state index in [-0.39, 0.29) is 29.5 Å². The van der Waals surface area contributed by atoms with Crippen LogP contribution in [0.2, 0.25) is 0 Å². The molecule has 1 aliphatic heterocycles. The average Bonchev–Trinajstić information content (AvgIpc) is 2.78. The number of ether oxygens (including phenoxy) is 1. The lowest BCUT2D eigenvalue weighted by Gasteiger charge is -2.27. The van der Waals surface area contributed by atoms with E-state index >= 15 is 0 Å². The molecule has 3 aromatic carbocycles. The highest BCUT2D eigenvalue weighted by molar-refractivity contribution is 5.71. The third-order valence-electron chi connectivity index (χ3n) is 5.90. The smallest absolute Gasteiger partial charge is 0.166 e. The molecule has 160 valence electrons. The summed E-state index contributed by atoms with van der Waals surface area (Å²) >= 11 is 0. The van der Waals surface area contributed by atoms with E-state index in [1.165, 1.54) is 12.1 Å². The lowest BCUT2D eigenvalue weighted by molar-refractivity contribution is -0.0125. The fourth-order valence-electron chi connectivity index (χ4n) is 4.07. The van der Waals surface area contributed by atoms with Gasteiger partial charge in [-0.25, -0.2) is 13.2 Å². The number of allylic oxidation sites excluding steroid dienone is 1. The minimum Gasteiger partial charge on any atom is -0.373 e. The summed E-state index contributed by atoms with van der Waals surface area (Å²) in [6.45, 7) is 6.41. The Morgan fingerprint density at radius 1 is 0.903 bits per heavy atom. The summed E-state index contributed by atoms with van der Waals surface area (Å²) in [4.78, 5) is 0. The van der Waals surface area contributed by atoms with Gasteiger partial charge in [0.15, 0.2) is 11.6 Å². The summed E-state index contributed by atoms with van der Waals surface area (Å²) in [6.07, 6.45) is 3.70. The summed E-state index contributed by atoms with van der Waals surface area (Å²) in [7, 11) is 0. The zero-order chi connectivity index (χ0) is 22.0. The Morgan fingerprint density at radius 3 is 2.19 bits per heavy atom. The van der Waals surface area contributed by atoms with Crippen LogP contribution in [0, 0.1) is 23.4 Å². The maximum atomic E-state index is 14.9. The Bertz CT molecular complexity index is 1080. The molecule has 0 N–H and O–H groups in total. The van der Waals surface area contributed by atoms with Gasteiger partial charge in [-0.05, 0) is 53.5 Å². The van der Waals surface area contributed by atoms with Gasteiger partial charge in [-0.15, -0.1) is 6.58 Å². The van der Waals surface area contributed by atoms with Gasteiger partial charge in [-0.1, -0.05) is 61.5 Å². The number of benzene rings is 3. The molecule has 1 nitrogen and oxygen atoms in total. The average molecular weight is 422 g/mol. The standard InChI is InChI=1S/C27H25F3O/c1-3-4-20-10-13-23(27(30)26(20)29)19-8-6-18(7-9-19)22-12-11-21(15-24(22)28)25-14-5-17(2)16-31-25/h3,6-13,15,17,25H,1,4-5,14,16H2,2H3. The van der Waals surface area contributed by atoms with Crippen LogP contribution in [0.15, 0.2) is 67.3 Å². The van der Waals surface area contributed by atoms with Crippen molar-refractivity contribution >= 4 is 0 Å². The predicted molar refractivity (Wildman–Crippen MR) is 118 cm³/mol. The first kappa shape index (κ1) is 21.4. The molecule has 2 atom stereocenters. The van der Waals surface area contributed by atoms with E-state index in [1.807, 2.05) is 6.07 Å². The van der Waals surface area contributed by atoms with Crippen molar-refractivity contribution < 1.29 is 17.9 Å². The van der Waals surface area contributed by atoms with Crippen molar-refractivity contribution in [2.75, 3.05) is 6.61 Å². The predicted octanol–water partition coefficient (Wildman–Crippen LogP) is 7.65. The normalized spacial score (nSPS) is 18.7. The monoisotopic (exact) mass is 422 g/mol. The minimum absolute atomic E-state index is 0.0657. The van der Waals surface area contributed by atoms with Crippen LogP contribution in [0.1, 0.15) is 37.0 Å². The number of hydrogen-bond donors (Lipinski definition) is 0. The van der Waals surface area contributed by atoms with Crippen molar-refractivity contribution in [3.63, 3.8) is 0 Å². The van der Waals surface area contributed by atoms with Crippen molar-refractivity contribution in [3.8, 4) is 22.3 Å². The van der Waals surface area contributed by atoms with E-state index in [0.29, 0.717) is 29.2 Å². The number of hydrogen-bond acceptors (Lipinski definition) is 1. The second-order valence-corrected chi connectivity index (χ2v) is 8.21. The third kappa shape index (κ3) is 4.45. The van der Waals surface area contributed by atoms with Gasteiger partial charge in [0.2, 0.25) is 0 Å². The molecule has 0 bridgehead atoms. The molecular formula is C27H25F3O. The fraction of sp³-hybridized carbons (Fsp3) is 0.259. The van der Waals surface area contributed by atoms with Crippen molar-refractivity contribution in [3.05, 3.63) is 95.8 Å². The Kier molecular flexibility index (Phi) is 6.28. The molecular weight excluding hydrogens is 397 g/mol. The highest BCUT2D eigenvalue weighted by atomic mass is 19.2. The Labute approximate surface area is 181 Å².